The third-order valence-electron chi connectivity index (χ3n) is 2.87. The fraction of sp³-hybridized carbons (Fsp3) is 0.0769. The normalized spacial score (nSPS) is 12.3. The van der Waals surface area contributed by atoms with Crippen LogP contribution in [0.3, 0.4) is 0 Å². The summed E-state index contributed by atoms with van der Waals surface area (Å²) in [4.78, 5) is -1.32. The first-order valence-electron chi connectivity index (χ1n) is 5.81. The van der Waals surface area contributed by atoms with Gasteiger partial charge in [-0.05, 0) is 37.3 Å². The molecule has 8 heteroatoms. The van der Waals surface area contributed by atoms with E-state index in [9.17, 15) is 21.4 Å². The van der Waals surface area contributed by atoms with Crippen molar-refractivity contribution in [3.63, 3.8) is 0 Å². The van der Waals surface area contributed by atoms with Crippen molar-refractivity contribution in [1.82, 2.24) is 0 Å². The fourth-order valence-electron chi connectivity index (χ4n) is 1.79. The van der Waals surface area contributed by atoms with E-state index in [1.807, 2.05) is 0 Å². The molecular formula is C13H13NO5S2. The first-order valence-corrected chi connectivity index (χ1v) is 8.73. The van der Waals surface area contributed by atoms with Gasteiger partial charge in [-0.15, -0.1) is 0 Å². The van der Waals surface area contributed by atoms with E-state index in [0.717, 1.165) is 17.7 Å². The predicted octanol–water partition coefficient (Wildman–Crippen LogP) is 1.66. The summed E-state index contributed by atoms with van der Waals surface area (Å²) in [5.74, 6) is 0. The van der Waals surface area contributed by atoms with E-state index in [4.69, 9.17) is 5.73 Å². The molecule has 0 saturated heterocycles. The van der Waals surface area contributed by atoms with Gasteiger partial charge in [-0.25, -0.2) is 8.42 Å². The lowest BCUT2D eigenvalue weighted by atomic mass is 10.2. The van der Waals surface area contributed by atoms with Crippen molar-refractivity contribution in [2.24, 2.45) is 0 Å². The van der Waals surface area contributed by atoms with Gasteiger partial charge in [0.05, 0.1) is 9.79 Å². The van der Waals surface area contributed by atoms with Gasteiger partial charge < -0.3 is 5.73 Å². The van der Waals surface area contributed by atoms with Crippen molar-refractivity contribution in [3.05, 3.63) is 48.0 Å². The number of sulfone groups is 1. The smallest absolute Gasteiger partial charge is 0.295 e. The molecule has 0 saturated carbocycles. The number of hydrogen-bond acceptors (Lipinski definition) is 5. The molecule has 3 N–H and O–H groups in total. The fourth-order valence-corrected chi connectivity index (χ4v) is 4.36. The molecule has 0 bridgehead atoms. The van der Waals surface area contributed by atoms with Crippen molar-refractivity contribution >= 4 is 25.6 Å². The standard InChI is InChI=1S/C13H13NO5S2/c1-9-2-5-11(6-3-9)20(15,16)13-8-10(14)4-7-12(13)21(17,18)19/h2-8H,14H2,1H3,(H,17,18,19). The molecular weight excluding hydrogens is 314 g/mol. The van der Waals surface area contributed by atoms with Crippen molar-refractivity contribution in [1.29, 1.82) is 0 Å². The zero-order valence-corrected chi connectivity index (χ0v) is 12.6. The van der Waals surface area contributed by atoms with E-state index in [0.29, 0.717) is 0 Å². The van der Waals surface area contributed by atoms with Gasteiger partial charge in [-0.3, -0.25) is 4.55 Å². The van der Waals surface area contributed by atoms with Crippen LogP contribution in [0, 0.1) is 6.92 Å². The van der Waals surface area contributed by atoms with Gasteiger partial charge in [0.15, 0.2) is 0 Å². The average Bonchev–Trinajstić information content (AvgIpc) is 2.37. The second-order valence-corrected chi connectivity index (χ2v) is 7.81. The minimum absolute atomic E-state index is 0.0769. The van der Waals surface area contributed by atoms with Crippen LogP contribution < -0.4 is 5.73 Å². The Morgan fingerprint density at radius 1 is 0.905 bits per heavy atom. The Morgan fingerprint density at radius 2 is 1.48 bits per heavy atom. The molecule has 2 aromatic carbocycles. The van der Waals surface area contributed by atoms with Crippen LogP contribution in [0.25, 0.3) is 0 Å². The van der Waals surface area contributed by atoms with Gasteiger partial charge in [-0.2, -0.15) is 8.42 Å². The van der Waals surface area contributed by atoms with Crippen molar-refractivity contribution in [3.8, 4) is 0 Å². The Bertz CT molecular complexity index is 885. The van der Waals surface area contributed by atoms with Crippen LogP contribution >= 0.6 is 0 Å². The van der Waals surface area contributed by atoms with Gasteiger partial charge in [0.25, 0.3) is 10.1 Å². The molecule has 0 amide bonds. The lowest BCUT2D eigenvalue weighted by Crippen LogP contribution is -2.10. The summed E-state index contributed by atoms with van der Waals surface area (Å²) in [5, 5.41) is 0. The van der Waals surface area contributed by atoms with Crippen LogP contribution in [0.4, 0.5) is 5.69 Å². The molecule has 0 aliphatic carbocycles. The number of anilines is 1. The molecule has 0 aliphatic heterocycles. The van der Waals surface area contributed by atoms with E-state index < -0.39 is 29.7 Å². The highest BCUT2D eigenvalue weighted by Gasteiger charge is 2.27. The average molecular weight is 327 g/mol. The summed E-state index contributed by atoms with van der Waals surface area (Å²) in [7, 11) is -8.80. The topological polar surface area (TPSA) is 115 Å². The Balaban J connectivity index is 2.76. The SMILES string of the molecule is Cc1ccc(S(=O)(=O)c2cc(N)ccc2S(=O)(=O)O)cc1. The first kappa shape index (κ1) is 15.5. The minimum atomic E-state index is -4.68. The largest absolute Gasteiger partial charge is 0.399 e. The highest BCUT2D eigenvalue weighted by atomic mass is 32.2. The summed E-state index contributed by atoms with van der Waals surface area (Å²) in [6.07, 6.45) is 0. The third-order valence-corrected chi connectivity index (χ3v) is 5.72. The highest BCUT2D eigenvalue weighted by molar-refractivity contribution is 7.92. The molecule has 112 valence electrons. The lowest BCUT2D eigenvalue weighted by Gasteiger charge is -2.10. The maximum atomic E-state index is 12.5. The summed E-state index contributed by atoms with van der Waals surface area (Å²) >= 11 is 0. The zero-order chi connectivity index (χ0) is 15.8. The summed E-state index contributed by atoms with van der Waals surface area (Å²) in [5.41, 5.74) is 6.46. The van der Waals surface area contributed by atoms with Gasteiger partial charge in [0.1, 0.15) is 4.90 Å². The Labute approximate surface area is 122 Å². The predicted molar refractivity (Wildman–Crippen MR) is 77.3 cm³/mol. The Hall–Kier alpha value is -1.90. The van der Waals surface area contributed by atoms with Crippen LogP contribution in [-0.2, 0) is 20.0 Å². The molecule has 0 heterocycles. The first-order chi connectivity index (χ1) is 9.62. The number of nitrogens with two attached hydrogens (primary N) is 1. The molecule has 0 radical (unpaired) electrons. The third kappa shape index (κ3) is 3.07. The Morgan fingerprint density at radius 3 is 2.00 bits per heavy atom. The van der Waals surface area contributed by atoms with E-state index in [-0.39, 0.29) is 10.6 Å². The van der Waals surface area contributed by atoms with Gasteiger partial charge >= 0.3 is 0 Å². The summed E-state index contributed by atoms with van der Waals surface area (Å²) < 4.78 is 56.9. The second kappa shape index (κ2) is 5.14. The highest BCUT2D eigenvalue weighted by Crippen LogP contribution is 2.29. The van der Waals surface area contributed by atoms with E-state index in [2.05, 4.69) is 0 Å². The number of benzene rings is 2. The second-order valence-electron chi connectivity index (χ2n) is 4.50. The quantitative estimate of drug-likeness (QED) is 0.654. The van der Waals surface area contributed by atoms with E-state index >= 15 is 0 Å². The molecule has 0 aliphatic rings. The van der Waals surface area contributed by atoms with Crippen LogP contribution in [0.15, 0.2) is 57.2 Å². The molecule has 0 unspecified atom stereocenters. The van der Waals surface area contributed by atoms with E-state index in [1.54, 1.807) is 19.1 Å². The molecule has 0 fully saturated rings. The summed E-state index contributed by atoms with van der Waals surface area (Å²) in [6, 6.07) is 9.09. The molecule has 21 heavy (non-hydrogen) atoms. The molecule has 0 spiro atoms. The van der Waals surface area contributed by atoms with Crippen molar-refractivity contribution in [2.45, 2.75) is 21.6 Å². The Kier molecular flexibility index (Phi) is 3.79. The molecule has 0 atom stereocenters. The van der Waals surface area contributed by atoms with Crippen LogP contribution in [0.5, 0.6) is 0 Å². The number of aryl methyl sites for hydroxylation is 1. The van der Waals surface area contributed by atoms with Crippen molar-refractivity contribution < 1.29 is 21.4 Å². The van der Waals surface area contributed by atoms with Crippen LogP contribution in [-0.4, -0.2) is 21.4 Å². The molecule has 2 rings (SSSR count). The van der Waals surface area contributed by atoms with Crippen molar-refractivity contribution in [2.75, 3.05) is 5.73 Å². The summed E-state index contributed by atoms with van der Waals surface area (Å²) in [6.45, 7) is 1.79. The maximum absolute atomic E-state index is 12.5. The number of rotatable bonds is 3. The zero-order valence-electron chi connectivity index (χ0n) is 11.0. The van der Waals surface area contributed by atoms with Gasteiger partial charge in [0, 0.05) is 5.69 Å². The number of nitrogen functional groups attached to an aromatic ring is 1. The van der Waals surface area contributed by atoms with Gasteiger partial charge in [0.2, 0.25) is 9.84 Å². The lowest BCUT2D eigenvalue weighted by molar-refractivity contribution is 0.480. The van der Waals surface area contributed by atoms with E-state index in [1.165, 1.54) is 18.2 Å². The number of hydrogen-bond donors (Lipinski definition) is 2. The minimum Gasteiger partial charge on any atom is -0.399 e. The van der Waals surface area contributed by atoms with Gasteiger partial charge in [-0.1, -0.05) is 17.7 Å². The molecule has 2 aromatic rings. The van der Waals surface area contributed by atoms with Crippen LogP contribution in [0.2, 0.25) is 0 Å². The molecule has 6 nitrogen and oxygen atoms in total. The monoisotopic (exact) mass is 327 g/mol. The maximum Gasteiger partial charge on any atom is 0.295 e. The molecule has 0 aromatic heterocycles. The van der Waals surface area contributed by atoms with Crippen LogP contribution in [0.1, 0.15) is 5.56 Å².